The summed E-state index contributed by atoms with van der Waals surface area (Å²) in [7, 11) is 0. The van der Waals surface area contributed by atoms with E-state index in [0.717, 1.165) is 36.8 Å². The molecule has 4 N–H and O–H groups in total. The van der Waals surface area contributed by atoms with Gasteiger partial charge in [-0.25, -0.2) is 9.78 Å². The first-order chi connectivity index (χ1) is 17.1. The van der Waals surface area contributed by atoms with E-state index in [1.54, 1.807) is 30.7 Å². The minimum Gasteiger partial charge on any atom is -0.507 e. The number of aromatic nitrogens is 5. The number of nitrogens with one attached hydrogen (secondary N) is 2. The van der Waals surface area contributed by atoms with Crippen LogP contribution in [0.25, 0.3) is 22.4 Å². The molecule has 3 heterocycles. The van der Waals surface area contributed by atoms with Gasteiger partial charge in [0.25, 0.3) is 0 Å². The van der Waals surface area contributed by atoms with Crippen molar-refractivity contribution < 1.29 is 32.9 Å². The maximum Gasteiger partial charge on any atom is 0.490 e. The minimum atomic E-state index is -5.08. The Bertz CT molecular complexity index is 1110. The van der Waals surface area contributed by atoms with Crippen molar-refractivity contribution in [3.05, 3.63) is 36.8 Å². The molecule has 194 valence electrons. The fourth-order valence-electron chi connectivity index (χ4n) is 3.79. The monoisotopic (exact) mass is 508 g/mol. The van der Waals surface area contributed by atoms with Gasteiger partial charge in [-0.05, 0) is 43.4 Å². The molecule has 3 atom stereocenters. The molecular formula is C23H27F3N6O4. The van der Waals surface area contributed by atoms with Crippen LogP contribution in [0, 0.1) is 0 Å². The highest BCUT2D eigenvalue weighted by Gasteiger charge is 2.38. The zero-order chi connectivity index (χ0) is 26.3. The van der Waals surface area contributed by atoms with E-state index >= 15 is 0 Å². The number of H-pyrrole nitrogens is 1. The van der Waals surface area contributed by atoms with Crippen LogP contribution in [0.5, 0.6) is 11.8 Å². The Morgan fingerprint density at radius 1 is 1.11 bits per heavy atom. The van der Waals surface area contributed by atoms with Crippen molar-refractivity contribution in [2.75, 3.05) is 0 Å². The van der Waals surface area contributed by atoms with Crippen molar-refractivity contribution in [3.63, 3.8) is 0 Å². The van der Waals surface area contributed by atoms with E-state index in [4.69, 9.17) is 14.6 Å². The Balaban J connectivity index is 0.000000454. The number of piperidine rings is 1. The van der Waals surface area contributed by atoms with Crippen LogP contribution in [-0.4, -0.2) is 65.9 Å². The number of rotatable bonds is 6. The first kappa shape index (κ1) is 26.9. The van der Waals surface area contributed by atoms with Crippen molar-refractivity contribution in [2.24, 2.45) is 0 Å². The maximum atomic E-state index is 10.6. The largest absolute Gasteiger partial charge is 0.507 e. The fraction of sp³-hybridized carbons (Fsp3) is 0.435. The van der Waals surface area contributed by atoms with Gasteiger partial charge in [0.2, 0.25) is 0 Å². The molecule has 1 aliphatic heterocycles. The number of phenolic OH excluding ortho intramolecular Hbond substituents is 1. The zero-order valence-electron chi connectivity index (χ0n) is 19.7. The van der Waals surface area contributed by atoms with Crippen LogP contribution in [-0.2, 0) is 4.79 Å². The fourth-order valence-corrected chi connectivity index (χ4v) is 3.79. The van der Waals surface area contributed by atoms with Gasteiger partial charge in [0.15, 0.2) is 0 Å². The highest BCUT2D eigenvalue weighted by atomic mass is 19.4. The van der Waals surface area contributed by atoms with E-state index in [0.29, 0.717) is 23.3 Å². The van der Waals surface area contributed by atoms with Crippen LogP contribution >= 0.6 is 0 Å². The first-order valence-electron chi connectivity index (χ1n) is 11.4. The number of nitrogens with zero attached hydrogens (tertiary/aromatic N) is 4. The molecule has 1 saturated heterocycles. The van der Waals surface area contributed by atoms with Crippen LogP contribution in [0.3, 0.4) is 0 Å². The lowest BCUT2D eigenvalue weighted by Gasteiger charge is -2.35. The average Bonchev–Trinajstić information content (AvgIpc) is 3.39. The van der Waals surface area contributed by atoms with E-state index in [9.17, 15) is 18.3 Å². The van der Waals surface area contributed by atoms with Gasteiger partial charge in [-0.3, -0.25) is 5.10 Å². The molecular weight excluding hydrogens is 481 g/mol. The van der Waals surface area contributed by atoms with E-state index in [-0.39, 0.29) is 17.9 Å². The van der Waals surface area contributed by atoms with Gasteiger partial charge >= 0.3 is 18.2 Å². The number of carboxylic acids is 1. The van der Waals surface area contributed by atoms with E-state index in [2.05, 4.69) is 44.5 Å². The summed E-state index contributed by atoms with van der Waals surface area (Å²) >= 11 is 0. The molecule has 2 aromatic heterocycles. The van der Waals surface area contributed by atoms with Gasteiger partial charge in [-0.1, -0.05) is 25.0 Å². The number of benzene rings is 1. The van der Waals surface area contributed by atoms with Gasteiger partial charge in [-0.15, -0.1) is 5.10 Å². The predicted molar refractivity (Wildman–Crippen MR) is 123 cm³/mol. The molecule has 0 saturated carbocycles. The average molecular weight is 509 g/mol. The van der Waals surface area contributed by atoms with Gasteiger partial charge in [-0.2, -0.15) is 18.3 Å². The van der Waals surface area contributed by atoms with Crippen LogP contribution in [0.2, 0.25) is 0 Å². The van der Waals surface area contributed by atoms with Gasteiger partial charge in [0.1, 0.15) is 17.5 Å². The molecule has 0 aliphatic carbocycles. The molecule has 10 nitrogen and oxygen atoms in total. The lowest BCUT2D eigenvalue weighted by atomic mass is 9.93. The summed E-state index contributed by atoms with van der Waals surface area (Å²) in [6.07, 6.45) is 4.09. The first-order valence-corrected chi connectivity index (χ1v) is 11.4. The number of aliphatic carboxylic acids is 1. The van der Waals surface area contributed by atoms with Crippen LogP contribution < -0.4 is 10.1 Å². The number of aromatic amines is 1. The van der Waals surface area contributed by atoms with Gasteiger partial charge in [0.05, 0.1) is 12.4 Å². The van der Waals surface area contributed by atoms with Crippen molar-refractivity contribution in [2.45, 2.75) is 63.9 Å². The highest BCUT2D eigenvalue weighted by Crippen LogP contribution is 2.32. The minimum absolute atomic E-state index is 0.0847. The summed E-state index contributed by atoms with van der Waals surface area (Å²) < 4.78 is 37.7. The zero-order valence-corrected chi connectivity index (χ0v) is 19.7. The predicted octanol–water partition coefficient (Wildman–Crippen LogP) is 3.96. The number of alkyl halides is 3. The van der Waals surface area contributed by atoms with Crippen molar-refractivity contribution in [1.82, 2.24) is 30.7 Å². The number of phenols is 1. The second-order valence-corrected chi connectivity index (χ2v) is 8.24. The Kier molecular flexibility index (Phi) is 8.80. The number of hydrogen-bond acceptors (Lipinski definition) is 8. The topological polar surface area (TPSA) is 146 Å². The molecule has 3 aromatic rings. The maximum absolute atomic E-state index is 10.6. The molecule has 0 radical (unpaired) electrons. The number of carboxylic acid groups (broad SMARTS) is 1. The van der Waals surface area contributed by atoms with Crippen molar-refractivity contribution >= 4 is 5.97 Å². The van der Waals surface area contributed by atoms with E-state index in [1.807, 2.05) is 6.07 Å². The molecule has 0 spiro atoms. The second kappa shape index (κ2) is 11.8. The highest BCUT2D eigenvalue weighted by molar-refractivity contribution is 5.73. The number of carbonyl (C=O) groups is 1. The quantitative estimate of drug-likeness (QED) is 0.389. The third-order valence-corrected chi connectivity index (χ3v) is 5.71. The van der Waals surface area contributed by atoms with Crippen molar-refractivity contribution in [1.29, 1.82) is 0 Å². The smallest absolute Gasteiger partial charge is 0.490 e. The Morgan fingerprint density at radius 2 is 1.78 bits per heavy atom. The number of hydrogen-bond donors (Lipinski definition) is 4. The third kappa shape index (κ3) is 7.13. The molecule has 13 heteroatoms. The standard InChI is InChI=1S/C21H26N6O2.C2HF3O2/c1-3-15-8-17(9-16(4-2)25-15)29-21-22-12-19(26-27-21)18-6-5-13(7-20(18)28)14-10-23-24-11-14;3-2(4,5)1(6)7/h5-7,10-12,15-17,25,28H,3-4,8-9H2,1-2H3,(H,23,24);(H,6,7)/t15-,16+,17?;. The summed E-state index contributed by atoms with van der Waals surface area (Å²) in [6.45, 7) is 4.37. The molecule has 0 amide bonds. The van der Waals surface area contributed by atoms with Gasteiger partial charge in [0, 0.05) is 29.4 Å². The molecule has 1 aliphatic rings. The molecule has 4 rings (SSSR count). The third-order valence-electron chi connectivity index (χ3n) is 5.71. The lowest BCUT2D eigenvalue weighted by Crippen LogP contribution is -2.48. The molecule has 1 unspecified atom stereocenters. The number of ether oxygens (including phenoxy) is 1. The Hall–Kier alpha value is -3.74. The Morgan fingerprint density at radius 3 is 2.25 bits per heavy atom. The SMILES string of the molecule is CC[C@@H]1CC(Oc2ncc(-c3ccc(-c4cn[nH]c4)cc3O)nn2)C[C@H](CC)N1.O=C(O)C(F)(F)F. The number of halogens is 3. The van der Waals surface area contributed by atoms with Crippen LogP contribution in [0.1, 0.15) is 39.5 Å². The Labute approximate surface area is 204 Å². The number of aromatic hydroxyl groups is 1. The summed E-state index contributed by atoms with van der Waals surface area (Å²) in [5.74, 6) is -2.64. The molecule has 36 heavy (non-hydrogen) atoms. The summed E-state index contributed by atoms with van der Waals surface area (Å²) in [5.41, 5.74) is 2.83. The van der Waals surface area contributed by atoms with Crippen LogP contribution in [0.15, 0.2) is 36.8 Å². The van der Waals surface area contributed by atoms with Gasteiger partial charge < -0.3 is 20.3 Å². The van der Waals surface area contributed by atoms with Crippen LogP contribution in [0.4, 0.5) is 13.2 Å². The summed E-state index contributed by atoms with van der Waals surface area (Å²) in [6, 6.07) is 6.57. The normalized spacial score (nSPS) is 19.8. The summed E-state index contributed by atoms with van der Waals surface area (Å²) in [5, 5.41) is 36.2. The lowest BCUT2D eigenvalue weighted by molar-refractivity contribution is -0.192. The van der Waals surface area contributed by atoms with E-state index < -0.39 is 12.1 Å². The van der Waals surface area contributed by atoms with Crippen molar-refractivity contribution in [3.8, 4) is 34.1 Å². The molecule has 1 aromatic carbocycles. The molecule has 1 fully saturated rings. The van der Waals surface area contributed by atoms with E-state index in [1.165, 1.54) is 0 Å². The molecule has 0 bridgehead atoms. The second-order valence-electron chi connectivity index (χ2n) is 8.24. The summed E-state index contributed by atoms with van der Waals surface area (Å²) in [4.78, 5) is 13.2.